The molecule has 1 aliphatic heterocycles. The number of rotatable bonds is 4. The lowest BCUT2D eigenvalue weighted by Crippen LogP contribution is -2.41. The molecule has 0 unspecified atom stereocenters. The van der Waals surface area contributed by atoms with Crippen LogP contribution < -0.4 is 4.74 Å². The number of nitrogens with zero attached hydrogens (tertiary/aromatic N) is 2. The molecule has 1 N–H and O–H groups in total. The molecule has 0 spiro atoms. The van der Waals surface area contributed by atoms with Crippen molar-refractivity contribution in [1.82, 2.24) is 14.9 Å². The van der Waals surface area contributed by atoms with Gasteiger partial charge in [-0.15, -0.1) is 0 Å². The van der Waals surface area contributed by atoms with Crippen molar-refractivity contribution >= 4 is 5.91 Å². The highest BCUT2D eigenvalue weighted by molar-refractivity contribution is 5.78. The highest BCUT2D eigenvalue weighted by Gasteiger charge is 2.26. The SMILES string of the molecule is Cc1cnc([C@@H]2CCCN(C(=O)COc3cccc(F)c3)C2)[nH]1. The summed E-state index contributed by atoms with van der Waals surface area (Å²) in [5.74, 6) is 1.08. The summed E-state index contributed by atoms with van der Waals surface area (Å²) >= 11 is 0. The predicted molar refractivity (Wildman–Crippen MR) is 83.8 cm³/mol. The third kappa shape index (κ3) is 3.88. The quantitative estimate of drug-likeness (QED) is 0.943. The molecule has 1 amide bonds. The molecule has 3 rings (SSSR count). The average molecular weight is 317 g/mol. The van der Waals surface area contributed by atoms with Crippen LogP contribution in [0.25, 0.3) is 0 Å². The summed E-state index contributed by atoms with van der Waals surface area (Å²) in [6.45, 7) is 3.25. The first-order chi connectivity index (χ1) is 11.1. The summed E-state index contributed by atoms with van der Waals surface area (Å²) in [4.78, 5) is 21.7. The lowest BCUT2D eigenvalue weighted by atomic mass is 9.97. The summed E-state index contributed by atoms with van der Waals surface area (Å²) in [5.41, 5.74) is 1.03. The van der Waals surface area contributed by atoms with E-state index >= 15 is 0 Å². The summed E-state index contributed by atoms with van der Waals surface area (Å²) in [7, 11) is 0. The number of benzene rings is 1. The van der Waals surface area contributed by atoms with Crippen LogP contribution in [0, 0.1) is 12.7 Å². The number of ether oxygens (including phenoxy) is 1. The smallest absolute Gasteiger partial charge is 0.260 e. The molecular formula is C17H20FN3O2. The molecule has 1 atom stereocenters. The number of likely N-dealkylation sites (tertiary alicyclic amines) is 1. The lowest BCUT2D eigenvalue weighted by Gasteiger charge is -2.31. The number of amides is 1. The van der Waals surface area contributed by atoms with Crippen LogP contribution in [0.3, 0.4) is 0 Å². The van der Waals surface area contributed by atoms with Crippen molar-refractivity contribution < 1.29 is 13.9 Å². The van der Waals surface area contributed by atoms with Crippen LogP contribution >= 0.6 is 0 Å². The van der Waals surface area contributed by atoms with E-state index in [0.29, 0.717) is 12.3 Å². The number of hydrogen-bond acceptors (Lipinski definition) is 3. The van der Waals surface area contributed by atoms with Gasteiger partial charge in [-0.2, -0.15) is 0 Å². The van der Waals surface area contributed by atoms with Gasteiger partial charge in [0.1, 0.15) is 17.4 Å². The standard InChI is InChI=1S/C17H20FN3O2/c1-12-9-19-17(20-12)13-4-3-7-21(10-13)16(22)11-23-15-6-2-5-14(18)8-15/h2,5-6,8-9,13H,3-4,7,10-11H2,1H3,(H,19,20)/t13-/m1/s1. The van der Waals surface area contributed by atoms with Crippen molar-refractivity contribution in [2.45, 2.75) is 25.7 Å². The number of piperidine rings is 1. The Kier molecular flexibility index (Phi) is 4.60. The van der Waals surface area contributed by atoms with Crippen molar-refractivity contribution in [1.29, 1.82) is 0 Å². The van der Waals surface area contributed by atoms with Gasteiger partial charge in [0.2, 0.25) is 0 Å². The molecular weight excluding hydrogens is 297 g/mol. The van der Waals surface area contributed by atoms with Crippen LogP contribution in [0.1, 0.15) is 30.3 Å². The Labute approximate surface area is 134 Å². The Hall–Kier alpha value is -2.37. The number of imidazole rings is 1. The van der Waals surface area contributed by atoms with E-state index < -0.39 is 0 Å². The minimum Gasteiger partial charge on any atom is -0.484 e. The Balaban J connectivity index is 1.56. The number of carbonyl (C=O) groups excluding carboxylic acids is 1. The third-order valence-electron chi connectivity index (χ3n) is 4.04. The van der Waals surface area contributed by atoms with Gasteiger partial charge in [-0.25, -0.2) is 9.37 Å². The van der Waals surface area contributed by atoms with E-state index in [2.05, 4.69) is 9.97 Å². The van der Waals surface area contributed by atoms with Crippen molar-refractivity contribution in [3.05, 3.63) is 47.8 Å². The topological polar surface area (TPSA) is 58.2 Å². The number of aromatic nitrogens is 2. The summed E-state index contributed by atoms with van der Waals surface area (Å²) in [6, 6.07) is 5.82. The molecule has 1 aliphatic rings. The van der Waals surface area contributed by atoms with Crippen LogP contribution in [0.5, 0.6) is 5.75 Å². The van der Waals surface area contributed by atoms with Gasteiger partial charge < -0.3 is 14.6 Å². The van der Waals surface area contributed by atoms with Crippen molar-refractivity contribution in [2.75, 3.05) is 19.7 Å². The molecule has 0 bridgehead atoms. The first kappa shape index (κ1) is 15.5. The van der Waals surface area contributed by atoms with E-state index in [0.717, 1.165) is 30.9 Å². The van der Waals surface area contributed by atoms with E-state index in [9.17, 15) is 9.18 Å². The maximum Gasteiger partial charge on any atom is 0.260 e. The Morgan fingerprint density at radius 2 is 2.39 bits per heavy atom. The third-order valence-corrected chi connectivity index (χ3v) is 4.04. The van der Waals surface area contributed by atoms with E-state index in [-0.39, 0.29) is 24.2 Å². The molecule has 1 saturated heterocycles. The molecule has 2 aromatic rings. The predicted octanol–water partition coefficient (Wildman–Crippen LogP) is 2.64. The normalized spacial score (nSPS) is 18.0. The number of aryl methyl sites for hydroxylation is 1. The van der Waals surface area contributed by atoms with Gasteiger partial charge in [-0.1, -0.05) is 6.07 Å². The zero-order chi connectivity index (χ0) is 16.2. The number of carbonyl (C=O) groups is 1. The molecule has 0 aliphatic carbocycles. The van der Waals surface area contributed by atoms with Gasteiger partial charge in [0.15, 0.2) is 6.61 Å². The first-order valence-corrected chi connectivity index (χ1v) is 7.79. The monoisotopic (exact) mass is 317 g/mol. The second-order valence-electron chi connectivity index (χ2n) is 5.88. The molecule has 5 nitrogen and oxygen atoms in total. The van der Waals surface area contributed by atoms with E-state index in [1.165, 1.54) is 12.1 Å². The summed E-state index contributed by atoms with van der Waals surface area (Å²) in [6.07, 6.45) is 3.76. The van der Waals surface area contributed by atoms with Gasteiger partial charge in [0.25, 0.3) is 5.91 Å². The zero-order valence-corrected chi connectivity index (χ0v) is 13.1. The maximum absolute atomic E-state index is 13.1. The molecule has 122 valence electrons. The number of nitrogens with one attached hydrogen (secondary N) is 1. The van der Waals surface area contributed by atoms with Crippen LogP contribution in [-0.4, -0.2) is 40.5 Å². The van der Waals surface area contributed by atoms with Gasteiger partial charge in [0, 0.05) is 37.0 Å². The Bertz CT molecular complexity index is 686. The minimum absolute atomic E-state index is 0.0760. The largest absolute Gasteiger partial charge is 0.484 e. The zero-order valence-electron chi connectivity index (χ0n) is 13.1. The summed E-state index contributed by atoms with van der Waals surface area (Å²) in [5, 5.41) is 0. The van der Waals surface area contributed by atoms with E-state index in [1.54, 1.807) is 17.0 Å². The van der Waals surface area contributed by atoms with Gasteiger partial charge >= 0.3 is 0 Å². The van der Waals surface area contributed by atoms with Gasteiger partial charge in [-0.3, -0.25) is 4.79 Å². The molecule has 6 heteroatoms. The fourth-order valence-corrected chi connectivity index (χ4v) is 2.86. The molecule has 2 heterocycles. The number of hydrogen-bond donors (Lipinski definition) is 1. The van der Waals surface area contributed by atoms with Crippen LogP contribution in [0.15, 0.2) is 30.5 Å². The number of H-pyrrole nitrogens is 1. The van der Waals surface area contributed by atoms with Gasteiger partial charge in [-0.05, 0) is 31.9 Å². The van der Waals surface area contributed by atoms with Crippen LogP contribution in [0.2, 0.25) is 0 Å². The van der Waals surface area contributed by atoms with Crippen molar-refractivity contribution in [2.24, 2.45) is 0 Å². The number of halogens is 1. The average Bonchev–Trinajstić information content (AvgIpc) is 2.99. The lowest BCUT2D eigenvalue weighted by molar-refractivity contribution is -0.134. The molecule has 1 fully saturated rings. The first-order valence-electron chi connectivity index (χ1n) is 7.79. The molecule has 0 saturated carbocycles. The Morgan fingerprint density at radius 3 is 3.13 bits per heavy atom. The maximum atomic E-state index is 13.1. The van der Waals surface area contributed by atoms with Crippen molar-refractivity contribution in [3.8, 4) is 5.75 Å². The second kappa shape index (κ2) is 6.81. The minimum atomic E-state index is -0.374. The fraction of sp³-hybridized carbons (Fsp3) is 0.412. The van der Waals surface area contributed by atoms with Gasteiger partial charge in [0.05, 0.1) is 0 Å². The molecule has 1 aromatic heterocycles. The summed E-state index contributed by atoms with van der Waals surface area (Å²) < 4.78 is 18.5. The van der Waals surface area contributed by atoms with E-state index in [1.807, 2.05) is 13.1 Å². The van der Waals surface area contributed by atoms with Crippen molar-refractivity contribution in [3.63, 3.8) is 0 Å². The number of aromatic amines is 1. The van der Waals surface area contributed by atoms with E-state index in [4.69, 9.17) is 4.74 Å². The Morgan fingerprint density at radius 1 is 1.52 bits per heavy atom. The molecule has 1 aromatic carbocycles. The highest BCUT2D eigenvalue weighted by atomic mass is 19.1. The fourth-order valence-electron chi connectivity index (χ4n) is 2.86. The van der Waals surface area contributed by atoms with Crippen LogP contribution in [-0.2, 0) is 4.79 Å². The van der Waals surface area contributed by atoms with Crippen LogP contribution in [0.4, 0.5) is 4.39 Å². The second-order valence-corrected chi connectivity index (χ2v) is 5.88. The highest BCUT2D eigenvalue weighted by Crippen LogP contribution is 2.25. The molecule has 23 heavy (non-hydrogen) atoms. The molecule has 0 radical (unpaired) electrons.